The predicted molar refractivity (Wildman–Crippen MR) is 68.0 cm³/mol. The molecule has 1 rings (SSSR count). The van der Waals surface area contributed by atoms with Crippen molar-refractivity contribution in [2.45, 2.75) is 66.3 Å². The summed E-state index contributed by atoms with van der Waals surface area (Å²) in [6, 6.07) is 0. The summed E-state index contributed by atoms with van der Waals surface area (Å²) in [5.74, 6) is 1.81. The molecule has 1 nitrogen and oxygen atoms in total. The van der Waals surface area contributed by atoms with E-state index in [9.17, 15) is 0 Å². The van der Waals surface area contributed by atoms with Gasteiger partial charge in [0.05, 0.1) is 0 Å². The summed E-state index contributed by atoms with van der Waals surface area (Å²) in [5.41, 5.74) is 0.705. The lowest BCUT2D eigenvalue weighted by Gasteiger charge is -2.43. The zero-order valence-corrected chi connectivity index (χ0v) is 11.5. The standard InChI is InChI=1S/C14H29N/c1-13(2,3)12(11-8-7-9-11)10-15-14(4,5)6/h11-12,15H,7-10H2,1-6H3. The Balaban J connectivity index is 2.50. The van der Waals surface area contributed by atoms with Crippen LogP contribution in [0, 0.1) is 17.3 Å². The molecule has 0 aromatic rings. The van der Waals surface area contributed by atoms with E-state index in [1.807, 2.05) is 0 Å². The predicted octanol–water partition coefficient (Wildman–Crippen LogP) is 3.84. The molecule has 0 heterocycles. The highest BCUT2D eigenvalue weighted by Gasteiger charge is 2.35. The van der Waals surface area contributed by atoms with Crippen LogP contribution in [-0.2, 0) is 0 Å². The molecule has 1 N–H and O–H groups in total. The first-order valence-electron chi connectivity index (χ1n) is 6.45. The molecule has 0 aromatic carbocycles. The van der Waals surface area contributed by atoms with Gasteiger partial charge in [-0.2, -0.15) is 0 Å². The van der Waals surface area contributed by atoms with Gasteiger partial charge in [0.25, 0.3) is 0 Å². The van der Waals surface area contributed by atoms with Gasteiger partial charge in [-0.05, 0) is 44.6 Å². The zero-order valence-electron chi connectivity index (χ0n) is 11.5. The first-order chi connectivity index (χ1) is 6.70. The number of hydrogen-bond donors (Lipinski definition) is 1. The molecule has 0 radical (unpaired) electrons. The minimum absolute atomic E-state index is 0.257. The van der Waals surface area contributed by atoms with Crippen LogP contribution in [0.4, 0.5) is 0 Å². The maximum absolute atomic E-state index is 3.68. The van der Waals surface area contributed by atoms with Crippen molar-refractivity contribution in [3.63, 3.8) is 0 Å². The van der Waals surface area contributed by atoms with Crippen molar-refractivity contribution in [2.75, 3.05) is 6.54 Å². The lowest BCUT2D eigenvalue weighted by atomic mass is 9.65. The van der Waals surface area contributed by atoms with Crippen LogP contribution < -0.4 is 5.32 Å². The van der Waals surface area contributed by atoms with Gasteiger partial charge in [-0.25, -0.2) is 0 Å². The van der Waals surface area contributed by atoms with E-state index < -0.39 is 0 Å². The zero-order chi connectivity index (χ0) is 11.7. The van der Waals surface area contributed by atoms with E-state index in [0.29, 0.717) is 5.41 Å². The summed E-state index contributed by atoms with van der Waals surface area (Å²) in [4.78, 5) is 0. The van der Waals surface area contributed by atoms with Crippen LogP contribution in [0.3, 0.4) is 0 Å². The summed E-state index contributed by atoms with van der Waals surface area (Å²) < 4.78 is 0. The molecule has 90 valence electrons. The fourth-order valence-electron chi connectivity index (χ4n) is 2.44. The normalized spacial score (nSPS) is 21.2. The SMILES string of the molecule is CC(C)(C)NCC(C1CCC1)C(C)(C)C. The monoisotopic (exact) mass is 211 g/mol. The van der Waals surface area contributed by atoms with Crippen LogP contribution in [0.2, 0.25) is 0 Å². The van der Waals surface area contributed by atoms with Gasteiger partial charge >= 0.3 is 0 Å². The molecular weight excluding hydrogens is 182 g/mol. The van der Waals surface area contributed by atoms with E-state index in [0.717, 1.165) is 11.8 Å². The van der Waals surface area contributed by atoms with Gasteiger partial charge < -0.3 is 5.32 Å². The quantitative estimate of drug-likeness (QED) is 0.748. The van der Waals surface area contributed by atoms with Crippen LogP contribution in [-0.4, -0.2) is 12.1 Å². The topological polar surface area (TPSA) is 12.0 Å². The van der Waals surface area contributed by atoms with Gasteiger partial charge in [0.15, 0.2) is 0 Å². The Hall–Kier alpha value is -0.0400. The lowest BCUT2D eigenvalue weighted by molar-refractivity contribution is 0.0895. The molecule has 1 saturated carbocycles. The van der Waals surface area contributed by atoms with Crippen molar-refractivity contribution >= 4 is 0 Å². The molecule has 0 saturated heterocycles. The lowest BCUT2D eigenvalue weighted by Crippen LogP contribution is -2.45. The van der Waals surface area contributed by atoms with Crippen molar-refractivity contribution in [2.24, 2.45) is 17.3 Å². The van der Waals surface area contributed by atoms with Crippen molar-refractivity contribution in [1.82, 2.24) is 5.32 Å². The van der Waals surface area contributed by atoms with E-state index in [2.05, 4.69) is 46.9 Å². The minimum atomic E-state index is 0.257. The molecule has 1 unspecified atom stereocenters. The molecule has 0 aliphatic heterocycles. The smallest absolute Gasteiger partial charge is 0.00966 e. The summed E-state index contributed by atoms with van der Waals surface area (Å²) in [6.45, 7) is 15.1. The van der Waals surface area contributed by atoms with Gasteiger partial charge in [0.2, 0.25) is 0 Å². The van der Waals surface area contributed by atoms with E-state index in [1.165, 1.54) is 25.8 Å². The molecular formula is C14H29N. The molecule has 1 heteroatoms. The Morgan fingerprint density at radius 3 is 1.87 bits per heavy atom. The molecule has 0 spiro atoms. The molecule has 0 bridgehead atoms. The number of hydrogen-bond acceptors (Lipinski definition) is 1. The maximum Gasteiger partial charge on any atom is 0.00966 e. The van der Waals surface area contributed by atoms with Crippen molar-refractivity contribution < 1.29 is 0 Å². The molecule has 1 atom stereocenters. The fourth-order valence-corrected chi connectivity index (χ4v) is 2.44. The van der Waals surface area contributed by atoms with Gasteiger partial charge in [0.1, 0.15) is 0 Å². The molecule has 0 aromatic heterocycles. The second-order valence-electron chi connectivity index (χ2n) is 7.29. The molecule has 1 aliphatic rings. The second kappa shape index (κ2) is 4.45. The van der Waals surface area contributed by atoms with Crippen LogP contribution in [0.1, 0.15) is 60.8 Å². The van der Waals surface area contributed by atoms with E-state index in [4.69, 9.17) is 0 Å². The van der Waals surface area contributed by atoms with Crippen LogP contribution in [0.15, 0.2) is 0 Å². The van der Waals surface area contributed by atoms with E-state index in [-0.39, 0.29) is 5.54 Å². The Morgan fingerprint density at radius 1 is 1.07 bits per heavy atom. The first kappa shape index (κ1) is 13.0. The third-order valence-electron chi connectivity index (χ3n) is 3.68. The number of rotatable bonds is 3. The third-order valence-corrected chi connectivity index (χ3v) is 3.68. The average molecular weight is 211 g/mol. The van der Waals surface area contributed by atoms with E-state index in [1.54, 1.807) is 0 Å². The van der Waals surface area contributed by atoms with Crippen LogP contribution in [0.5, 0.6) is 0 Å². The van der Waals surface area contributed by atoms with Gasteiger partial charge in [-0.3, -0.25) is 0 Å². The largest absolute Gasteiger partial charge is 0.312 e. The van der Waals surface area contributed by atoms with Crippen molar-refractivity contribution in [3.05, 3.63) is 0 Å². The summed E-state index contributed by atoms with van der Waals surface area (Å²) in [5, 5.41) is 3.68. The molecule has 1 fully saturated rings. The third kappa shape index (κ3) is 4.14. The van der Waals surface area contributed by atoms with Gasteiger partial charge in [-0.15, -0.1) is 0 Å². The molecule has 1 aliphatic carbocycles. The minimum Gasteiger partial charge on any atom is -0.312 e. The molecule has 0 amide bonds. The Bertz CT molecular complexity index is 190. The van der Waals surface area contributed by atoms with Crippen molar-refractivity contribution in [3.8, 4) is 0 Å². The fraction of sp³-hybridized carbons (Fsp3) is 1.00. The van der Waals surface area contributed by atoms with Crippen molar-refractivity contribution in [1.29, 1.82) is 0 Å². The maximum atomic E-state index is 3.68. The Kier molecular flexibility index (Phi) is 3.86. The summed E-state index contributed by atoms with van der Waals surface area (Å²) in [7, 11) is 0. The Labute approximate surface area is 96.0 Å². The molecule has 15 heavy (non-hydrogen) atoms. The second-order valence-corrected chi connectivity index (χ2v) is 7.29. The van der Waals surface area contributed by atoms with Gasteiger partial charge in [0, 0.05) is 5.54 Å². The average Bonchev–Trinajstić information content (AvgIpc) is 1.88. The Morgan fingerprint density at radius 2 is 1.60 bits per heavy atom. The summed E-state index contributed by atoms with van der Waals surface area (Å²) >= 11 is 0. The van der Waals surface area contributed by atoms with E-state index >= 15 is 0 Å². The number of nitrogens with one attached hydrogen (secondary N) is 1. The highest BCUT2D eigenvalue weighted by atomic mass is 14.9. The summed E-state index contributed by atoms with van der Waals surface area (Å²) in [6.07, 6.45) is 4.36. The highest BCUT2D eigenvalue weighted by molar-refractivity contribution is 4.88. The van der Waals surface area contributed by atoms with Crippen LogP contribution >= 0.6 is 0 Å². The highest BCUT2D eigenvalue weighted by Crippen LogP contribution is 2.42. The van der Waals surface area contributed by atoms with Gasteiger partial charge in [-0.1, -0.05) is 40.0 Å². The van der Waals surface area contributed by atoms with Crippen LogP contribution in [0.25, 0.3) is 0 Å². The first-order valence-corrected chi connectivity index (χ1v) is 6.45.